The Morgan fingerprint density at radius 2 is 1.79 bits per heavy atom. The summed E-state index contributed by atoms with van der Waals surface area (Å²) in [5.41, 5.74) is 2.12. The molecular formula is C23H18ClN3O2. The number of halogens is 1. The van der Waals surface area contributed by atoms with Gasteiger partial charge in [0.1, 0.15) is 0 Å². The smallest absolute Gasteiger partial charge is 0.256 e. The van der Waals surface area contributed by atoms with E-state index < -0.39 is 5.66 Å². The topological polar surface area (TPSA) is 53.5 Å². The largest absolute Gasteiger partial charge is 0.309 e. The molecule has 1 aromatic heterocycles. The van der Waals surface area contributed by atoms with Gasteiger partial charge < -0.3 is 9.80 Å². The van der Waals surface area contributed by atoms with Gasteiger partial charge in [-0.25, -0.2) is 0 Å². The summed E-state index contributed by atoms with van der Waals surface area (Å²) in [4.78, 5) is 34.5. The summed E-state index contributed by atoms with van der Waals surface area (Å²) < 4.78 is 0. The van der Waals surface area contributed by atoms with E-state index in [1.165, 1.54) is 0 Å². The van der Waals surface area contributed by atoms with Gasteiger partial charge in [0.15, 0.2) is 5.66 Å². The minimum absolute atomic E-state index is 0.0295. The molecule has 1 saturated heterocycles. The van der Waals surface area contributed by atoms with E-state index in [-0.39, 0.29) is 18.2 Å². The number of rotatable bonds is 3. The lowest BCUT2D eigenvalue weighted by molar-refractivity contribution is -0.135. The highest BCUT2D eigenvalue weighted by molar-refractivity contribution is 6.30. The van der Waals surface area contributed by atoms with Gasteiger partial charge in [-0.3, -0.25) is 14.6 Å². The highest BCUT2D eigenvalue weighted by atomic mass is 35.5. The first-order valence-electron chi connectivity index (χ1n) is 9.49. The number of hydrogen-bond acceptors (Lipinski definition) is 3. The fourth-order valence-electron chi connectivity index (χ4n) is 4.53. The lowest BCUT2D eigenvalue weighted by Crippen LogP contribution is -2.52. The molecule has 0 radical (unpaired) electrons. The van der Waals surface area contributed by atoms with Crippen molar-refractivity contribution in [2.75, 3.05) is 13.1 Å². The second-order valence-corrected chi connectivity index (χ2v) is 7.70. The summed E-state index contributed by atoms with van der Waals surface area (Å²) in [6.45, 7) is 0.936. The molecule has 0 saturated carbocycles. The second kappa shape index (κ2) is 6.71. The predicted molar refractivity (Wildman–Crippen MR) is 109 cm³/mol. The van der Waals surface area contributed by atoms with E-state index in [0.29, 0.717) is 23.7 Å². The SMILES string of the molecule is O=C(Cc1ccccc1)N1CCN2C(=O)c3ccncc3C12c1ccc(Cl)cc1. The van der Waals surface area contributed by atoms with Gasteiger partial charge in [-0.05, 0) is 23.8 Å². The van der Waals surface area contributed by atoms with Crippen LogP contribution in [-0.4, -0.2) is 39.7 Å². The molecule has 3 aromatic rings. The van der Waals surface area contributed by atoms with Gasteiger partial charge in [-0.2, -0.15) is 0 Å². The van der Waals surface area contributed by atoms with Crippen LogP contribution in [0.3, 0.4) is 0 Å². The van der Waals surface area contributed by atoms with E-state index in [4.69, 9.17) is 11.6 Å². The van der Waals surface area contributed by atoms with Gasteiger partial charge in [0.25, 0.3) is 5.91 Å². The zero-order valence-electron chi connectivity index (χ0n) is 15.6. The van der Waals surface area contributed by atoms with Gasteiger partial charge in [0.2, 0.25) is 5.91 Å². The molecule has 3 heterocycles. The molecule has 2 amide bonds. The van der Waals surface area contributed by atoms with E-state index >= 15 is 0 Å². The monoisotopic (exact) mass is 403 g/mol. The summed E-state index contributed by atoms with van der Waals surface area (Å²) in [7, 11) is 0. The van der Waals surface area contributed by atoms with Crippen LogP contribution in [0, 0.1) is 0 Å². The molecule has 6 heteroatoms. The zero-order valence-corrected chi connectivity index (χ0v) is 16.3. The van der Waals surface area contributed by atoms with Crippen LogP contribution >= 0.6 is 11.6 Å². The second-order valence-electron chi connectivity index (χ2n) is 7.26. The zero-order chi connectivity index (χ0) is 20.0. The van der Waals surface area contributed by atoms with Crippen molar-refractivity contribution in [1.29, 1.82) is 0 Å². The fraction of sp³-hybridized carbons (Fsp3) is 0.174. The Hall–Kier alpha value is -3.18. The number of nitrogens with zero attached hydrogens (tertiary/aromatic N) is 3. The van der Waals surface area contributed by atoms with Gasteiger partial charge in [0, 0.05) is 41.6 Å². The predicted octanol–water partition coefficient (Wildman–Crippen LogP) is 3.48. The van der Waals surface area contributed by atoms with Crippen molar-refractivity contribution in [3.05, 3.63) is 100 Å². The summed E-state index contributed by atoms with van der Waals surface area (Å²) >= 11 is 6.12. The van der Waals surface area contributed by atoms with Crippen LogP contribution in [0.15, 0.2) is 73.1 Å². The summed E-state index contributed by atoms with van der Waals surface area (Å²) in [5.74, 6) is -0.106. The average molecular weight is 404 g/mol. The van der Waals surface area contributed by atoms with E-state index in [2.05, 4.69) is 4.98 Å². The van der Waals surface area contributed by atoms with Crippen molar-refractivity contribution >= 4 is 23.4 Å². The molecule has 29 heavy (non-hydrogen) atoms. The molecule has 144 valence electrons. The quantitative estimate of drug-likeness (QED) is 0.672. The first kappa shape index (κ1) is 17.9. The Morgan fingerprint density at radius 1 is 1.03 bits per heavy atom. The molecule has 5 nitrogen and oxygen atoms in total. The van der Waals surface area contributed by atoms with Crippen LogP contribution in [0.1, 0.15) is 27.0 Å². The molecular weight excluding hydrogens is 386 g/mol. The Kier molecular flexibility index (Phi) is 4.14. The standard InChI is InChI=1S/C23H18ClN3O2/c24-18-8-6-17(7-9-18)23-20-15-25-11-10-19(20)22(29)27(23)13-12-26(23)21(28)14-16-4-2-1-3-5-16/h1-11,15H,12-14H2. The van der Waals surface area contributed by atoms with Crippen molar-refractivity contribution in [3.8, 4) is 0 Å². The molecule has 2 aliphatic heterocycles. The number of carbonyl (C=O) groups excluding carboxylic acids is 2. The normalized spacial score (nSPS) is 20.0. The Balaban J connectivity index is 1.67. The third-order valence-corrected chi connectivity index (χ3v) is 6.00. The summed E-state index contributed by atoms with van der Waals surface area (Å²) in [6, 6.07) is 18.7. The first-order valence-corrected chi connectivity index (χ1v) is 9.87. The molecule has 1 fully saturated rings. The lowest BCUT2D eigenvalue weighted by Gasteiger charge is -2.40. The number of hydrogen-bond donors (Lipinski definition) is 0. The van der Waals surface area contributed by atoms with Crippen LogP contribution in [-0.2, 0) is 16.9 Å². The number of pyridine rings is 1. The Morgan fingerprint density at radius 3 is 2.55 bits per heavy atom. The minimum atomic E-state index is -0.989. The van der Waals surface area contributed by atoms with Crippen LogP contribution in [0.25, 0.3) is 0 Å². The van der Waals surface area contributed by atoms with Crippen molar-refractivity contribution < 1.29 is 9.59 Å². The number of benzene rings is 2. The molecule has 0 aliphatic carbocycles. The molecule has 5 rings (SSSR count). The van der Waals surface area contributed by atoms with E-state index in [9.17, 15) is 9.59 Å². The molecule has 2 aromatic carbocycles. The van der Waals surface area contributed by atoms with Crippen molar-refractivity contribution in [1.82, 2.24) is 14.8 Å². The molecule has 0 N–H and O–H groups in total. The Bertz CT molecular complexity index is 1100. The fourth-order valence-corrected chi connectivity index (χ4v) is 4.66. The maximum atomic E-state index is 13.5. The number of fused-ring (bicyclic) bond motifs is 3. The van der Waals surface area contributed by atoms with Gasteiger partial charge in [-0.1, -0.05) is 54.1 Å². The van der Waals surface area contributed by atoms with Gasteiger partial charge in [-0.15, -0.1) is 0 Å². The third kappa shape index (κ3) is 2.58. The average Bonchev–Trinajstić information content (AvgIpc) is 3.25. The molecule has 2 aliphatic rings. The number of aromatic nitrogens is 1. The minimum Gasteiger partial charge on any atom is -0.309 e. The van der Waals surface area contributed by atoms with Gasteiger partial charge >= 0.3 is 0 Å². The van der Waals surface area contributed by atoms with Crippen molar-refractivity contribution in [2.24, 2.45) is 0 Å². The molecule has 1 unspecified atom stereocenters. The number of amides is 2. The first-order chi connectivity index (χ1) is 14.1. The lowest BCUT2D eigenvalue weighted by atomic mass is 9.90. The molecule has 1 atom stereocenters. The van der Waals surface area contributed by atoms with Crippen LogP contribution in [0.4, 0.5) is 0 Å². The van der Waals surface area contributed by atoms with Crippen LogP contribution in [0.2, 0.25) is 5.02 Å². The van der Waals surface area contributed by atoms with E-state index in [0.717, 1.165) is 16.7 Å². The summed E-state index contributed by atoms with van der Waals surface area (Å²) in [5, 5.41) is 0.604. The highest BCUT2D eigenvalue weighted by Crippen LogP contribution is 2.49. The van der Waals surface area contributed by atoms with E-state index in [1.54, 1.807) is 35.5 Å². The summed E-state index contributed by atoms with van der Waals surface area (Å²) in [6.07, 6.45) is 3.59. The molecule has 0 bridgehead atoms. The van der Waals surface area contributed by atoms with Crippen LogP contribution in [0.5, 0.6) is 0 Å². The third-order valence-electron chi connectivity index (χ3n) is 5.75. The van der Waals surface area contributed by atoms with Gasteiger partial charge in [0.05, 0.1) is 12.0 Å². The number of carbonyl (C=O) groups is 2. The van der Waals surface area contributed by atoms with Crippen molar-refractivity contribution in [2.45, 2.75) is 12.1 Å². The van der Waals surface area contributed by atoms with Crippen LogP contribution < -0.4 is 0 Å². The van der Waals surface area contributed by atoms with E-state index in [1.807, 2.05) is 47.4 Å². The Labute approximate surface area is 173 Å². The molecule has 0 spiro atoms. The highest BCUT2D eigenvalue weighted by Gasteiger charge is 2.59. The van der Waals surface area contributed by atoms with Crippen molar-refractivity contribution in [3.63, 3.8) is 0 Å². The maximum absolute atomic E-state index is 13.5. The maximum Gasteiger partial charge on any atom is 0.256 e.